The lowest BCUT2D eigenvalue weighted by Gasteiger charge is -2.43. The van der Waals surface area contributed by atoms with Crippen molar-refractivity contribution in [2.24, 2.45) is 17.7 Å². The third-order valence-corrected chi connectivity index (χ3v) is 6.79. The first-order chi connectivity index (χ1) is 10.2. The van der Waals surface area contributed by atoms with Crippen LogP contribution in [0.25, 0.3) is 0 Å². The molecule has 0 aromatic heterocycles. The highest BCUT2D eigenvalue weighted by atomic mass is 32.2. The molecule has 3 atom stereocenters. The molecule has 1 spiro atoms. The van der Waals surface area contributed by atoms with E-state index in [0.29, 0.717) is 18.1 Å². The van der Waals surface area contributed by atoms with Crippen molar-refractivity contribution in [2.45, 2.75) is 63.2 Å². The van der Waals surface area contributed by atoms with Crippen molar-refractivity contribution in [3.8, 4) is 0 Å². The molecular formula is C16H30N2O2S. The molecule has 0 radical (unpaired) electrons. The zero-order chi connectivity index (χ0) is 14.7. The number of rotatable bonds is 6. The number of hydrazine groups is 1. The molecule has 1 saturated carbocycles. The van der Waals surface area contributed by atoms with Crippen LogP contribution < -0.4 is 11.3 Å². The van der Waals surface area contributed by atoms with E-state index in [0.717, 1.165) is 25.6 Å². The first-order valence-electron chi connectivity index (χ1n) is 8.54. The fourth-order valence-electron chi connectivity index (χ4n) is 4.27. The summed E-state index contributed by atoms with van der Waals surface area (Å²) in [6.07, 6.45) is 7.71. The number of hydrogen-bond acceptors (Lipinski definition) is 5. The number of nitrogens with two attached hydrogens (primary N) is 1. The van der Waals surface area contributed by atoms with Crippen LogP contribution in [0.3, 0.4) is 0 Å². The number of nitrogens with one attached hydrogen (secondary N) is 1. The van der Waals surface area contributed by atoms with Crippen molar-refractivity contribution >= 4 is 11.8 Å². The Hall–Kier alpha value is 0.190. The van der Waals surface area contributed by atoms with Gasteiger partial charge < -0.3 is 9.47 Å². The molecule has 3 aliphatic rings. The second-order valence-corrected chi connectivity index (χ2v) is 8.12. The summed E-state index contributed by atoms with van der Waals surface area (Å²) < 4.78 is 11.8. The summed E-state index contributed by atoms with van der Waals surface area (Å²) in [5, 5.41) is 0. The number of thioether (sulfide) groups is 1. The molecule has 3 fully saturated rings. The van der Waals surface area contributed by atoms with Crippen molar-refractivity contribution < 1.29 is 9.47 Å². The Morgan fingerprint density at radius 2 is 2.33 bits per heavy atom. The average Bonchev–Trinajstić information content (AvgIpc) is 2.89. The zero-order valence-corrected chi connectivity index (χ0v) is 14.0. The van der Waals surface area contributed by atoms with Gasteiger partial charge in [-0.25, -0.2) is 0 Å². The molecule has 2 aliphatic heterocycles. The molecule has 5 heteroatoms. The van der Waals surface area contributed by atoms with E-state index in [1.807, 2.05) is 11.8 Å². The van der Waals surface area contributed by atoms with Crippen molar-refractivity contribution in [1.29, 1.82) is 0 Å². The fourth-order valence-corrected chi connectivity index (χ4v) is 5.65. The maximum atomic E-state index is 6.14. The summed E-state index contributed by atoms with van der Waals surface area (Å²) in [5.41, 5.74) is 3.28. The van der Waals surface area contributed by atoms with E-state index in [4.69, 9.17) is 15.3 Å². The predicted molar refractivity (Wildman–Crippen MR) is 87.2 cm³/mol. The predicted octanol–water partition coefficient (Wildman–Crippen LogP) is 2.33. The minimum Gasteiger partial charge on any atom is -0.378 e. The second kappa shape index (κ2) is 7.18. The van der Waals surface area contributed by atoms with Gasteiger partial charge in [0.15, 0.2) is 0 Å². The van der Waals surface area contributed by atoms with E-state index in [2.05, 4.69) is 12.3 Å². The lowest BCUT2D eigenvalue weighted by Crippen LogP contribution is -2.50. The number of ether oxygens (including phenoxy) is 2. The largest absolute Gasteiger partial charge is 0.378 e. The molecule has 1 aliphatic carbocycles. The normalized spacial score (nSPS) is 41.1. The van der Waals surface area contributed by atoms with Crippen LogP contribution in [0.15, 0.2) is 0 Å². The van der Waals surface area contributed by atoms with Crippen LogP contribution in [0.1, 0.15) is 45.4 Å². The zero-order valence-electron chi connectivity index (χ0n) is 13.2. The van der Waals surface area contributed by atoms with E-state index in [-0.39, 0.29) is 5.60 Å². The van der Waals surface area contributed by atoms with Gasteiger partial charge in [-0.15, -0.1) is 0 Å². The Morgan fingerprint density at radius 1 is 1.48 bits per heavy atom. The van der Waals surface area contributed by atoms with Gasteiger partial charge in [0.05, 0.1) is 11.7 Å². The van der Waals surface area contributed by atoms with Gasteiger partial charge in [0.2, 0.25) is 0 Å². The monoisotopic (exact) mass is 314 g/mol. The molecule has 3 N–H and O–H groups in total. The Morgan fingerprint density at radius 3 is 3.00 bits per heavy atom. The van der Waals surface area contributed by atoms with Crippen molar-refractivity contribution in [2.75, 3.05) is 24.7 Å². The van der Waals surface area contributed by atoms with Gasteiger partial charge >= 0.3 is 0 Å². The molecular weight excluding hydrogens is 284 g/mol. The molecule has 0 amide bonds. The van der Waals surface area contributed by atoms with Gasteiger partial charge in [-0.3, -0.25) is 11.3 Å². The van der Waals surface area contributed by atoms with Crippen molar-refractivity contribution in [1.82, 2.24) is 5.43 Å². The standard InChI is InChI=1S/C16H30N2O2S/c1-2-19-14-7-12(8-14)9-15(18-17)13-3-5-20-16(10-13)4-6-21-11-16/h12-15,18H,2-11,17H2,1H3. The summed E-state index contributed by atoms with van der Waals surface area (Å²) in [4.78, 5) is 0. The highest BCUT2D eigenvalue weighted by Crippen LogP contribution is 2.43. The topological polar surface area (TPSA) is 56.5 Å². The molecule has 2 heterocycles. The van der Waals surface area contributed by atoms with Gasteiger partial charge in [-0.1, -0.05) is 0 Å². The van der Waals surface area contributed by atoms with E-state index in [1.54, 1.807) is 0 Å². The SMILES string of the molecule is CCOC1CC(CC(NN)C2CCOC3(CCSC3)C2)C1. The average molecular weight is 314 g/mol. The fraction of sp³-hybridized carbons (Fsp3) is 1.00. The van der Waals surface area contributed by atoms with Crippen LogP contribution in [0.2, 0.25) is 0 Å². The van der Waals surface area contributed by atoms with Gasteiger partial charge in [0, 0.05) is 25.0 Å². The molecule has 21 heavy (non-hydrogen) atoms. The van der Waals surface area contributed by atoms with E-state index >= 15 is 0 Å². The van der Waals surface area contributed by atoms with Crippen LogP contribution in [-0.4, -0.2) is 42.5 Å². The molecule has 0 aromatic rings. The second-order valence-electron chi connectivity index (χ2n) is 7.01. The Labute approximate surface area is 132 Å². The van der Waals surface area contributed by atoms with Crippen LogP contribution in [0.4, 0.5) is 0 Å². The highest BCUT2D eigenvalue weighted by Gasteiger charge is 2.43. The molecule has 3 rings (SSSR count). The first kappa shape index (κ1) is 16.1. The minimum atomic E-state index is 0.163. The quantitative estimate of drug-likeness (QED) is 0.582. The molecule has 2 saturated heterocycles. The smallest absolute Gasteiger partial charge is 0.0783 e. The maximum absolute atomic E-state index is 6.14. The van der Waals surface area contributed by atoms with Crippen molar-refractivity contribution in [3.05, 3.63) is 0 Å². The minimum absolute atomic E-state index is 0.163. The third kappa shape index (κ3) is 3.75. The molecule has 0 bridgehead atoms. The van der Waals surface area contributed by atoms with E-state index in [9.17, 15) is 0 Å². The van der Waals surface area contributed by atoms with Crippen LogP contribution in [0, 0.1) is 11.8 Å². The molecule has 0 aromatic carbocycles. The van der Waals surface area contributed by atoms with Gasteiger partial charge in [-0.05, 0) is 63.0 Å². The summed E-state index contributed by atoms with van der Waals surface area (Å²) in [5.74, 6) is 9.78. The molecule has 4 nitrogen and oxygen atoms in total. The van der Waals surface area contributed by atoms with Crippen LogP contribution in [0.5, 0.6) is 0 Å². The lowest BCUT2D eigenvalue weighted by molar-refractivity contribution is -0.0893. The maximum Gasteiger partial charge on any atom is 0.0783 e. The molecule has 3 unspecified atom stereocenters. The van der Waals surface area contributed by atoms with Crippen LogP contribution in [-0.2, 0) is 9.47 Å². The summed E-state index contributed by atoms with van der Waals surface area (Å²) >= 11 is 2.04. The Kier molecular flexibility index (Phi) is 5.49. The Bertz CT molecular complexity index is 330. The van der Waals surface area contributed by atoms with E-state index < -0.39 is 0 Å². The van der Waals surface area contributed by atoms with E-state index in [1.165, 1.54) is 43.6 Å². The Balaban J connectivity index is 1.49. The summed E-state index contributed by atoms with van der Waals surface area (Å²) in [7, 11) is 0. The van der Waals surface area contributed by atoms with Gasteiger partial charge in [-0.2, -0.15) is 11.8 Å². The van der Waals surface area contributed by atoms with Gasteiger partial charge in [0.1, 0.15) is 0 Å². The summed E-state index contributed by atoms with van der Waals surface area (Å²) in [6, 6.07) is 0.448. The first-order valence-corrected chi connectivity index (χ1v) is 9.69. The highest BCUT2D eigenvalue weighted by molar-refractivity contribution is 7.99. The third-order valence-electron chi connectivity index (χ3n) is 5.56. The van der Waals surface area contributed by atoms with Crippen LogP contribution >= 0.6 is 11.8 Å². The van der Waals surface area contributed by atoms with Crippen molar-refractivity contribution in [3.63, 3.8) is 0 Å². The lowest BCUT2D eigenvalue weighted by atomic mass is 9.73. The van der Waals surface area contributed by atoms with Gasteiger partial charge in [0.25, 0.3) is 0 Å². The summed E-state index contributed by atoms with van der Waals surface area (Å²) in [6.45, 7) is 3.84. The molecule has 122 valence electrons. The number of hydrogen-bond donors (Lipinski definition) is 2.